The molecule has 0 unspecified atom stereocenters. The van der Waals surface area contributed by atoms with Crippen molar-refractivity contribution >= 4 is 5.78 Å². The first kappa shape index (κ1) is 11.4. The Hall–Kier alpha value is -2.09. The Balaban J connectivity index is 2.11. The number of carbonyl (C=O) groups is 1. The van der Waals surface area contributed by atoms with Gasteiger partial charge in [-0.25, -0.2) is 0 Å². The van der Waals surface area contributed by atoms with Crippen molar-refractivity contribution < 1.29 is 9.90 Å². The number of hydrogen-bond donors (Lipinski definition) is 1. The largest absolute Gasteiger partial charge is 0.508 e. The lowest BCUT2D eigenvalue weighted by molar-refractivity contribution is 0.0993. The van der Waals surface area contributed by atoms with Crippen LogP contribution in [0.4, 0.5) is 0 Å². The second kappa shape index (κ2) is 4.83. The number of hydrogen-bond acceptors (Lipinski definition) is 2. The highest BCUT2D eigenvalue weighted by molar-refractivity contribution is 5.97. The third-order valence-electron chi connectivity index (χ3n) is 2.67. The lowest BCUT2D eigenvalue weighted by Gasteiger charge is -2.02. The van der Waals surface area contributed by atoms with Gasteiger partial charge in [0.25, 0.3) is 0 Å². The highest BCUT2D eigenvalue weighted by Crippen LogP contribution is 2.13. The molecule has 2 heteroatoms. The van der Waals surface area contributed by atoms with E-state index < -0.39 is 0 Å². The molecule has 0 spiro atoms. The summed E-state index contributed by atoms with van der Waals surface area (Å²) in [4.78, 5) is 11.9. The first-order valence-electron chi connectivity index (χ1n) is 5.53. The normalized spacial score (nSPS) is 10.2. The van der Waals surface area contributed by atoms with E-state index in [9.17, 15) is 4.79 Å². The van der Waals surface area contributed by atoms with Crippen LogP contribution in [0.15, 0.2) is 48.5 Å². The fourth-order valence-corrected chi connectivity index (χ4v) is 1.64. The van der Waals surface area contributed by atoms with E-state index in [0.29, 0.717) is 6.42 Å². The topological polar surface area (TPSA) is 37.3 Å². The molecule has 1 N–H and O–H groups in total. The van der Waals surface area contributed by atoms with Gasteiger partial charge in [0.2, 0.25) is 0 Å². The Morgan fingerprint density at radius 3 is 2.18 bits per heavy atom. The van der Waals surface area contributed by atoms with Crippen LogP contribution in [-0.4, -0.2) is 10.9 Å². The molecule has 17 heavy (non-hydrogen) atoms. The number of phenolic OH excluding ortho intramolecular Hbond substituents is 1. The molecule has 2 nitrogen and oxygen atoms in total. The maximum atomic E-state index is 11.9. The Morgan fingerprint density at radius 2 is 1.59 bits per heavy atom. The van der Waals surface area contributed by atoms with Crippen LogP contribution in [0.3, 0.4) is 0 Å². The summed E-state index contributed by atoms with van der Waals surface area (Å²) in [7, 11) is 0. The van der Waals surface area contributed by atoms with Crippen molar-refractivity contribution in [1.82, 2.24) is 0 Å². The summed E-state index contributed by atoms with van der Waals surface area (Å²) in [6, 6.07) is 14.3. The SMILES string of the molecule is Cc1ccc(C(=O)Cc2ccc(O)cc2)cc1. The second-order valence-corrected chi connectivity index (χ2v) is 4.13. The second-order valence-electron chi connectivity index (χ2n) is 4.13. The molecule has 0 saturated heterocycles. The van der Waals surface area contributed by atoms with E-state index >= 15 is 0 Å². The van der Waals surface area contributed by atoms with Crippen LogP contribution >= 0.6 is 0 Å². The van der Waals surface area contributed by atoms with Gasteiger partial charge in [-0.2, -0.15) is 0 Å². The van der Waals surface area contributed by atoms with Crippen LogP contribution in [-0.2, 0) is 6.42 Å². The van der Waals surface area contributed by atoms with E-state index in [0.717, 1.165) is 16.7 Å². The summed E-state index contributed by atoms with van der Waals surface area (Å²) in [6.45, 7) is 1.99. The fraction of sp³-hybridized carbons (Fsp3) is 0.133. The van der Waals surface area contributed by atoms with Crippen LogP contribution < -0.4 is 0 Å². The molecule has 2 rings (SSSR count). The van der Waals surface area contributed by atoms with E-state index in [4.69, 9.17) is 5.11 Å². The minimum Gasteiger partial charge on any atom is -0.508 e. The Bertz CT molecular complexity index is 510. The first-order chi connectivity index (χ1) is 8.15. The van der Waals surface area contributed by atoms with Crippen molar-refractivity contribution in [3.05, 3.63) is 65.2 Å². The molecule has 2 aromatic rings. The molecule has 0 aromatic heterocycles. The molecular weight excluding hydrogens is 212 g/mol. The number of benzene rings is 2. The number of rotatable bonds is 3. The molecule has 0 aliphatic rings. The number of aryl methyl sites for hydroxylation is 1. The van der Waals surface area contributed by atoms with Gasteiger partial charge < -0.3 is 5.11 Å². The average Bonchev–Trinajstić information content (AvgIpc) is 2.33. The number of phenols is 1. The summed E-state index contributed by atoms with van der Waals surface area (Å²) in [5.41, 5.74) is 2.78. The molecule has 0 bridgehead atoms. The van der Waals surface area contributed by atoms with Crippen LogP contribution in [0.2, 0.25) is 0 Å². The molecule has 0 radical (unpaired) electrons. The van der Waals surface area contributed by atoms with Gasteiger partial charge in [-0.15, -0.1) is 0 Å². The van der Waals surface area contributed by atoms with E-state index in [2.05, 4.69) is 0 Å². The molecular formula is C15H14O2. The van der Waals surface area contributed by atoms with Crippen LogP contribution in [0.5, 0.6) is 5.75 Å². The highest BCUT2D eigenvalue weighted by Gasteiger charge is 2.06. The zero-order chi connectivity index (χ0) is 12.3. The van der Waals surface area contributed by atoms with E-state index in [1.54, 1.807) is 24.3 Å². The van der Waals surface area contributed by atoms with Gasteiger partial charge >= 0.3 is 0 Å². The highest BCUT2D eigenvalue weighted by atomic mass is 16.3. The summed E-state index contributed by atoms with van der Waals surface area (Å²) >= 11 is 0. The zero-order valence-electron chi connectivity index (χ0n) is 9.68. The lowest BCUT2D eigenvalue weighted by Crippen LogP contribution is -2.03. The lowest BCUT2D eigenvalue weighted by atomic mass is 10.0. The minimum atomic E-state index is 0.0932. The third kappa shape index (κ3) is 2.94. The number of Topliss-reactive ketones (excluding diaryl/α,β-unsaturated/α-hetero) is 1. The van der Waals surface area contributed by atoms with Crippen molar-refractivity contribution in [3.8, 4) is 5.75 Å². The third-order valence-corrected chi connectivity index (χ3v) is 2.67. The predicted octanol–water partition coefficient (Wildman–Crippen LogP) is 3.13. The quantitative estimate of drug-likeness (QED) is 0.816. The number of aromatic hydroxyl groups is 1. The maximum absolute atomic E-state index is 11.9. The molecule has 0 fully saturated rings. The van der Waals surface area contributed by atoms with E-state index in [1.807, 2.05) is 31.2 Å². The standard InChI is InChI=1S/C15H14O2/c1-11-2-6-13(7-3-11)15(17)10-12-4-8-14(16)9-5-12/h2-9,16H,10H2,1H3. The number of ketones is 1. The molecule has 0 saturated carbocycles. The van der Waals surface area contributed by atoms with Gasteiger partial charge in [0, 0.05) is 12.0 Å². The summed E-state index contributed by atoms with van der Waals surface area (Å²) in [6.07, 6.45) is 0.364. The summed E-state index contributed by atoms with van der Waals surface area (Å²) in [5.74, 6) is 0.312. The van der Waals surface area contributed by atoms with E-state index in [1.165, 1.54) is 0 Å². The minimum absolute atomic E-state index is 0.0932. The van der Waals surface area contributed by atoms with Crippen molar-refractivity contribution in [2.45, 2.75) is 13.3 Å². The van der Waals surface area contributed by atoms with Gasteiger partial charge in [0.1, 0.15) is 5.75 Å². The van der Waals surface area contributed by atoms with Gasteiger partial charge in [-0.1, -0.05) is 42.0 Å². The van der Waals surface area contributed by atoms with Crippen molar-refractivity contribution in [1.29, 1.82) is 0 Å². The molecule has 0 aliphatic carbocycles. The first-order valence-corrected chi connectivity index (χ1v) is 5.53. The van der Waals surface area contributed by atoms with Gasteiger partial charge in [0.15, 0.2) is 5.78 Å². The molecule has 0 atom stereocenters. The summed E-state index contributed by atoms with van der Waals surface area (Å²) < 4.78 is 0. The average molecular weight is 226 g/mol. The van der Waals surface area contributed by atoms with E-state index in [-0.39, 0.29) is 11.5 Å². The van der Waals surface area contributed by atoms with Crippen LogP contribution in [0, 0.1) is 6.92 Å². The van der Waals surface area contributed by atoms with Gasteiger partial charge in [0.05, 0.1) is 0 Å². The van der Waals surface area contributed by atoms with Gasteiger partial charge in [-0.3, -0.25) is 4.79 Å². The molecule has 86 valence electrons. The van der Waals surface area contributed by atoms with Crippen molar-refractivity contribution in [2.75, 3.05) is 0 Å². The monoisotopic (exact) mass is 226 g/mol. The molecule has 0 heterocycles. The number of carbonyl (C=O) groups excluding carboxylic acids is 1. The zero-order valence-corrected chi connectivity index (χ0v) is 9.68. The Labute approximate surface area is 101 Å². The molecule has 2 aromatic carbocycles. The van der Waals surface area contributed by atoms with Gasteiger partial charge in [-0.05, 0) is 24.6 Å². The summed E-state index contributed by atoms with van der Waals surface area (Å²) in [5, 5.41) is 9.15. The van der Waals surface area contributed by atoms with Crippen LogP contribution in [0.25, 0.3) is 0 Å². The molecule has 0 aliphatic heterocycles. The Morgan fingerprint density at radius 1 is 1.00 bits per heavy atom. The maximum Gasteiger partial charge on any atom is 0.167 e. The fourth-order valence-electron chi connectivity index (χ4n) is 1.64. The Kier molecular flexibility index (Phi) is 3.24. The van der Waals surface area contributed by atoms with Crippen molar-refractivity contribution in [2.24, 2.45) is 0 Å². The smallest absolute Gasteiger partial charge is 0.167 e. The predicted molar refractivity (Wildman–Crippen MR) is 67.3 cm³/mol. The van der Waals surface area contributed by atoms with Crippen LogP contribution in [0.1, 0.15) is 21.5 Å². The molecule has 0 amide bonds. The van der Waals surface area contributed by atoms with Crippen molar-refractivity contribution in [3.63, 3.8) is 0 Å².